The fourth-order valence-electron chi connectivity index (χ4n) is 2.89. The minimum atomic E-state index is -4.12. The molecule has 0 bridgehead atoms. The molecule has 2 aromatic heterocycles. The Morgan fingerprint density at radius 1 is 1.10 bits per heavy atom. The average Bonchev–Trinajstić information content (AvgIpc) is 3.06. The van der Waals surface area contributed by atoms with Gasteiger partial charge in [-0.05, 0) is 11.6 Å². The van der Waals surface area contributed by atoms with Gasteiger partial charge in [0.2, 0.25) is 0 Å². The minimum absolute atomic E-state index is 0.0963. The summed E-state index contributed by atoms with van der Waals surface area (Å²) in [6.07, 6.45) is 0. The topological polar surface area (TPSA) is 135 Å². The number of rotatable bonds is 4. The average molecular weight is 452 g/mol. The van der Waals surface area contributed by atoms with Gasteiger partial charge in [0.1, 0.15) is 33.6 Å². The second-order valence-corrected chi connectivity index (χ2v) is 8.77. The van der Waals surface area contributed by atoms with Crippen molar-refractivity contribution in [3.63, 3.8) is 0 Å². The number of nitrogens with zero attached hydrogens (tertiary/aromatic N) is 2. The van der Waals surface area contributed by atoms with Crippen molar-refractivity contribution in [2.45, 2.75) is 10.6 Å². The van der Waals surface area contributed by atoms with Crippen LogP contribution in [0.4, 0.5) is 14.6 Å². The number of nitrogen functional groups attached to an aromatic ring is 1. The van der Waals surface area contributed by atoms with Crippen molar-refractivity contribution in [1.82, 2.24) is 20.2 Å². The molecule has 4 aromatic rings. The van der Waals surface area contributed by atoms with Crippen LogP contribution in [-0.4, -0.2) is 28.6 Å². The fourth-order valence-corrected chi connectivity index (χ4v) is 4.56. The summed E-state index contributed by atoms with van der Waals surface area (Å²) in [5.74, 6) is -2.49. The van der Waals surface area contributed by atoms with E-state index in [-0.39, 0.29) is 22.7 Å². The van der Waals surface area contributed by atoms with E-state index in [1.807, 2.05) is 0 Å². The van der Waals surface area contributed by atoms with Gasteiger partial charge >= 0.3 is 0 Å². The highest BCUT2D eigenvalue weighted by Crippen LogP contribution is 2.26. The molecule has 0 saturated heterocycles. The zero-order valence-corrected chi connectivity index (χ0v) is 16.5. The number of anilines is 1. The molecule has 8 nitrogen and oxygen atoms in total. The molecule has 4 N–H and O–H groups in total. The van der Waals surface area contributed by atoms with Crippen LogP contribution >= 0.6 is 11.6 Å². The van der Waals surface area contributed by atoms with Crippen molar-refractivity contribution in [3.8, 4) is 11.4 Å². The Hall–Kier alpha value is -3.31. The molecule has 154 valence electrons. The quantitative estimate of drug-likeness (QED) is 0.322. The number of fused-ring (bicyclic) bond motifs is 1. The summed E-state index contributed by atoms with van der Waals surface area (Å²) in [6.45, 7) is 0. The summed E-state index contributed by atoms with van der Waals surface area (Å²) < 4.78 is 52.3. The number of sulfone groups is 1. The van der Waals surface area contributed by atoms with E-state index < -0.39 is 42.7 Å². The summed E-state index contributed by atoms with van der Waals surface area (Å²) in [6, 6.07) is 7.23. The summed E-state index contributed by atoms with van der Waals surface area (Å²) in [4.78, 5) is 18.3. The molecule has 0 spiro atoms. The SMILES string of the molecule is Nc1[nH]nc2nc(-c3ccc(CS(=O)(=O)c4cc(Cl)c(F)cc4F)cc3)[nH]c(=O)c12. The number of nitrogens with one attached hydrogen (secondary N) is 2. The second-order valence-electron chi connectivity index (χ2n) is 6.40. The molecule has 4 rings (SSSR count). The van der Waals surface area contributed by atoms with Crippen LogP contribution in [0.15, 0.2) is 46.1 Å². The van der Waals surface area contributed by atoms with Gasteiger partial charge in [-0.1, -0.05) is 35.9 Å². The Morgan fingerprint density at radius 3 is 2.50 bits per heavy atom. The number of hydrogen-bond acceptors (Lipinski definition) is 6. The Kier molecular flexibility index (Phi) is 4.79. The van der Waals surface area contributed by atoms with Crippen LogP contribution in [-0.2, 0) is 15.6 Å². The van der Waals surface area contributed by atoms with E-state index in [2.05, 4.69) is 20.2 Å². The third-order valence-electron chi connectivity index (χ3n) is 4.35. The van der Waals surface area contributed by atoms with Crippen LogP contribution in [0, 0.1) is 11.6 Å². The smallest absolute Gasteiger partial charge is 0.264 e. The second kappa shape index (κ2) is 7.18. The van der Waals surface area contributed by atoms with E-state index in [0.717, 1.165) is 6.07 Å². The molecule has 0 fully saturated rings. The van der Waals surface area contributed by atoms with Gasteiger partial charge in [0.15, 0.2) is 15.5 Å². The van der Waals surface area contributed by atoms with Crippen molar-refractivity contribution in [3.05, 3.63) is 69.0 Å². The van der Waals surface area contributed by atoms with E-state index in [1.54, 1.807) is 12.1 Å². The lowest BCUT2D eigenvalue weighted by molar-refractivity contribution is 0.549. The predicted molar refractivity (Wildman–Crippen MR) is 107 cm³/mol. The molecule has 0 radical (unpaired) electrons. The maximum Gasteiger partial charge on any atom is 0.264 e. The van der Waals surface area contributed by atoms with Gasteiger partial charge in [-0.25, -0.2) is 22.2 Å². The van der Waals surface area contributed by atoms with Crippen LogP contribution in [0.25, 0.3) is 22.4 Å². The van der Waals surface area contributed by atoms with E-state index >= 15 is 0 Å². The third kappa shape index (κ3) is 3.53. The number of aromatic nitrogens is 4. The number of halogens is 3. The zero-order chi connectivity index (χ0) is 21.6. The molecule has 2 aromatic carbocycles. The third-order valence-corrected chi connectivity index (χ3v) is 6.33. The highest BCUT2D eigenvalue weighted by molar-refractivity contribution is 7.90. The number of nitrogens with two attached hydrogens (primary N) is 1. The summed E-state index contributed by atoms with van der Waals surface area (Å²) in [5, 5.41) is 5.98. The number of aromatic amines is 2. The fraction of sp³-hybridized carbons (Fsp3) is 0.0556. The standard InChI is InChI=1S/C18H12ClF2N5O3S/c19-10-5-13(12(21)6-11(10)20)30(28,29)7-8-1-3-9(4-2-8)16-23-17-14(18(27)24-16)15(22)25-26-17/h1-6H,7H2,(H4,22,23,24,25,26,27). The molecule has 12 heteroatoms. The van der Waals surface area contributed by atoms with Crippen molar-refractivity contribution < 1.29 is 17.2 Å². The molecule has 0 aliphatic heterocycles. The Morgan fingerprint density at radius 2 is 1.80 bits per heavy atom. The zero-order valence-electron chi connectivity index (χ0n) is 14.9. The first-order valence-corrected chi connectivity index (χ1v) is 10.4. The van der Waals surface area contributed by atoms with E-state index in [1.165, 1.54) is 12.1 Å². The van der Waals surface area contributed by atoms with Gasteiger partial charge in [-0.3, -0.25) is 9.89 Å². The van der Waals surface area contributed by atoms with Gasteiger partial charge in [0, 0.05) is 11.6 Å². The molecular weight excluding hydrogens is 440 g/mol. The molecular formula is C18H12ClF2N5O3S. The Labute approximate surface area is 172 Å². The van der Waals surface area contributed by atoms with Gasteiger partial charge in [0.25, 0.3) is 5.56 Å². The van der Waals surface area contributed by atoms with Crippen LogP contribution in [0.1, 0.15) is 5.56 Å². The lowest BCUT2D eigenvalue weighted by atomic mass is 10.1. The van der Waals surface area contributed by atoms with Crippen LogP contribution < -0.4 is 11.3 Å². The van der Waals surface area contributed by atoms with Gasteiger partial charge < -0.3 is 10.7 Å². The molecule has 2 heterocycles. The minimum Gasteiger partial charge on any atom is -0.383 e. The molecule has 0 aliphatic rings. The van der Waals surface area contributed by atoms with Gasteiger partial charge in [-0.2, -0.15) is 5.10 Å². The monoisotopic (exact) mass is 451 g/mol. The number of hydrogen-bond donors (Lipinski definition) is 3. The lowest BCUT2D eigenvalue weighted by Gasteiger charge is -2.08. The predicted octanol–water partition coefficient (Wildman–Crippen LogP) is 2.80. The van der Waals surface area contributed by atoms with Crippen molar-refractivity contribution in [2.24, 2.45) is 0 Å². The summed E-state index contributed by atoms with van der Waals surface area (Å²) >= 11 is 5.58. The highest BCUT2D eigenvalue weighted by atomic mass is 35.5. The molecule has 30 heavy (non-hydrogen) atoms. The summed E-state index contributed by atoms with van der Waals surface area (Å²) in [5.41, 5.74) is 6.13. The Bertz CT molecular complexity index is 1450. The first kappa shape index (κ1) is 20.0. The van der Waals surface area contributed by atoms with Crippen LogP contribution in [0.3, 0.4) is 0 Å². The van der Waals surface area contributed by atoms with E-state index in [4.69, 9.17) is 17.3 Å². The van der Waals surface area contributed by atoms with Crippen molar-refractivity contribution in [1.29, 1.82) is 0 Å². The van der Waals surface area contributed by atoms with Gasteiger partial charge in [0.05, 0.1) is 10.8 Å². The molecule has 0 amide bonds. The summed E-state index contributed by atoms with van der Waals surface area (Å²) in [7, 11) is -4.12. The molecule has 0 atom stereocenters. The largest absolute Gasteiger partial charge is 0.383 e. The maximum absolute atomic E-state index is 13.9. The first-order valence-electron chi connectivity index (χ1n) is 8.36. The van der Waals surface area contributed by atoms with E-state index in [0.29, 0.717) is 17.2 Å². The molecule has 0 aliphatic carbocycles. The highest BCUT2D eigenvalue weighted by Gasteiger charge is 2.22. The lowest BCUT2D eigenvalue weighted by Crippen LogP contribution is -2.10. The number of benzene rings is 2. The maximum atomic E-state index is 13.9. The first-order chi connectivity index (χ1) is 14.2. The molecule has 0 unspecified atom stereocenters. The van der Waals surface area contributed by atoms with Crippen LogP contribution in [0.5, 0.6) is 0 Å². The normalized spacial score (nSPS) is 11.8. The van der Waals surface area contributed by atoms with Gasteiger partial charge in [-0.15, -0.1) is 0 Å². The van der Waals surface area contributed by atoms with Crippen molar-refractivity contribution in [2.75, 3.05) is 5.73 Å². The molecule has 0 saturated carbocycles. The Balaban J connectivity index is 1.64. The number of H-pyrrole nitrogens is 2. The van der Waals surface area contributed by atoms with Crippen LogP contribution in [0.2, 0.25) is 5.02 Å². The van der Waals surface area contributed by atoms with Crippen molar-refractivity contribution >= 4 is 38.3 Å². The van der Waals surface area contributed by atoms with E-state index in [9.17, 15) is 22.0 Å².